The van der Waals surface area contributed by atoms with E-state index in [4.69, 9.17) is 9.72 Å². The van der Waals surface area contributed by atoms with Gasteiger partial charge in [-0.3, -0.25) is 14.9 Å². The number of hydrogen-bond donors (Lipinski definition) is 1. The lowest BCUT2D eigenvalue weighted by Crippen LogP contribution is -2.44. The summed E-state index contributed by atoms with van der Waals surface area (Å²) in [6, 6.07) is 17.5. The lowest BCUT2D eigenvalue weighted by Gasteiger charge is -2.32. The highest BCUT2D eigenvalue weighted by Crippen LogP contribution is 2.23. The van der Waals surface area contributed by atoms with Crippen LogP contribution in [-0.4, -0.2) is 70.5 Å². The van der Waals surface area contributed by atoms with E-state index in [9.17, 15) is 9.59 Å². The highest BCUT2D eigenvalue weighted by atomic mass is 16.5. The van der Waals surface area contributed by atoms with E-state index in [2.05, 4.69) is 28.6 Å². The van der Waals surface area contributed by atoms with Crippen molar-refractivity contribution >= 4 is 28.8 Å². The van der Waals surface area contributed by atoms with Crippen molar-refractivity contribution < 1.29 is 14.3 Å². The largest absolute Gasteiger partial charge is 0.493 e. The molecular formula is C28H37N5O3. The highest BCUT2D eigenvalue weighted by Gasteiger charge is 2.29. The number of aromatic nitrogens is 2. The Balaban J connectivity index is 1.37. The maximum Gasteiger partial charge on any atom is 0.231 e. The summed E-state index contributed by atoms with van der Waals surface area (Å²) in [6.45, 7) is 9.32. The molecule has 3 aromatic rings. The predicted octanol–water partition coefficient (Wildman–Crippen LogP) is 4.02. The number of hydrogen-bond acceptors (Lipinski definition) is 5. The van der Waals surface area contributed by atoms with Crippen molar-refractivity contribution in [1.82, 2.24) is 19.4 Å². The third-order valence-corrected chi connectivity index (χ3v) is 6.90. The fraction of sp³-hybridized carbons (Fsp3) is 0.464. The molecule has 0 aliphatic carbocycles. The molecule has 2 amide bonds. The normalized spacial score (nSPS) is 15.9. The van der Waals surface area contributed by atoms with Gasteiger partial charge in [0.15, 0.2) is 0 Å². The van der Waals surface area contributed by atoms with Crippen LogP contribution in [0.2, 0.25) is 0 Å². The summed E-state index contributed by atoms with van der Waals surface area (Å²) in [6.07, 6.45) is 1.86. The minimum Gasteiger partial charge on any atom is -0.493 e. The minimum absolute atomic E-state index is 0.0230. The van der Waals surface area contributed by atoms with Crippen molar-refractivity contribution in [1.29, 1.82) is 0 Å². The molecule has 0 spiro atoms. The quantitative estimate of drug-likeness (QED) is 0.438. The molecule has 192 valence electrons. The fourth-order valence-corrected chi connectivity index (χ4v) is 4.74. The standard InChI is InChI=1S/C28H37N5O3/c1-3-31(4-2)18-19-33-25-15-9-8-14-24(25)29-28(33)30-27(35)22-11-10-17-32(21-22)26(34)16-20-36-23-12-6-5-7-13-23/h5-9,12-15,22H,3-4,10-11,16-21H2,1-2H3,(H,29,30,35)/t22-/m0/s1. The van der Waals surface area contributed by atoms with E-state index >= 15 is 0 Å². The third kappa shape index (κ3) is 6.43. The molecule has 4 rings (SSSR count). The van der Waals surface area contributed by atoms with Gasteiger partial charge in [-0.15, -0.1) is 0 Å². The molecular weight excluding hydrogens is 454 g/mol. The molecule has 0 unspecified atom stereocenters. The second kappa shape index (κ2) is 12.5. The number of imidazole rings is 1. The molecule has 1 aromatic heterocycles. The summed E-state index contributed by atoms with van der Waals surface area (Å²) in [5, 5.41) is 3.09. The van der Waals surface area contributed by atoms with Gasteiger partial charge >= 0.3 is 0 Å². The van der Waals surface area contributed by atoms with Crippen LogP contribution in [0.15, 0.2) is 54.6 Å². The summed E-state index contributed by atoms with van der Waals surface area (Å²) in [4.78, 5) is 34.9. The predicted molar refractivity (Wildman–Crippen MR) is 142 cm³/mol. The number of piperidine rings is 1. The zero-order chi connectivity index (χ0) is 25.3. The Bertz CT molecular complexity index is 1140. The van der Waals surface area contributed by atoms with E-state index in [-0.39, 0.29) is 17.7 Å². The van der Waals surface area contributed by atoms with Crippen LogP contribution >= 0.6 is 0 Å². The molecule has 1 aliphatic rings. The van der Waals surface area contributed by atoms with Crippen molar-refractivity contribution in [2.75, 3.05) is 44.6 Å². The first-order valence-electron chi connectivity index (χ1n) is 13.0. The van der Waals surface area contributed by atoms with Crippen LogP contribution in [0.4, 0.5) is 5.95 Å². The smallest absolute Gasteiger partial charge is 0.231 e. The van der Waals surface area contributed by atoms with Crippen molar-refractivity contribution in [3.63, 3.8) is 0 Å². The Hall–Kier alpha value is -3.39. The number of nitrogens with one attached hydrogen (secondary N) is 1. The van der Waals surface area contributed by atoms with Crippen LogP contribution in [-0.2, 0) is 16.1 Å². The van der Waals surface area contributed by atoms with Crippen molar-refractivity contribution in [3.05, 3.63) is 54.6 Å². The molecule has 8 heteroatoms. The van der Waals surface area contributed by atoms with Gasteiger partial charge < -0.3 is 19.1 Å². The van der Waals surface area contributed by atoms with Gasteiger partial charge in [-0.05, 0) is 50.2 Å². The lowest BCUT2D eigenvalue weighted by atomic mass is 9.97. The molecule has 0 bridgehead atoms. The van der Waals surface area contributed by atoms with Crippen LogP contribution in [0.5, 0.6) is 5.75 Å². The Kier molecular flexibility index (Phi) is 8.95. The number of benzene rings is 2. The number of carbonyl (C=O) groups is 2. The topological polar surface area (TPSA) is 79.7 Å². The average Bonchev–Trinajstić information content (AvgIpc) is 3.26. The Labute approximate surface area is 213 Å². The monoisotopic (exact) mass is 491 g/mol. The molecule has 1 atom stereocenters. The van der Waals surface area contributed by atoms with Gasteiger partial charge in [0, 0.05) is 26.2 Å². The Morgan fingerprint density at radius 1 is 1.08 bits per heavy atom. The van der Waals surface area contributed by atoms with E-state index in [1.807, 2.05) is 54.6 Å². The van der Waals surface area contributed by atoms with E-state index in [0.29, 0.717) is 32.1 Å². The van der Waals surface area contributed by atoms with Crippen LogP contribution in [0, 0.1) is 5.92 Å². The van der Waals surface area contributed by atoms with Crippen LogP contribution < -0.4 is 10.1 Å². The number of ether oxygens (including phenoxy) is 1. The van der Waals surface area contributed by atoms with Gasteiger partial charge in [0.1, 0.15) is 5.75 Å². The zero-order valence-corrected chi connectivity index (χ0v) is 21.4. The number of para-hydroxylation sites is 3. The van der Waals surface area contributed by atoms with Gasteiger partial charge in [0.2, 0.25) is 17.8 Å². The van der Waals surface area contributed by atoms with Gasteiger partial charge in [-0.1, -0.05) is 44.2 Å². The molecule has 36 heavy (non-hydrogen) atoms. The van der Waals surface area contributed by atoms with E-state index < -0.39 is 0 Å². The molecule has 0 radical (unpaired) electrons. The SMILES string of the molecule is CCN(CC)CCn1c(NC(=O)[C@H]2CCCN(C(=O)CCOc3ccccc3)C2)nc2ccccc21. The zero-order valence-electron chi connectivity index (χ0n) is 21.4. The maximum absolute atomic E-state index is 13.3. The van der Waals surface area contributed by atoms with Gasteiger partial charge in [-0.2, -0.15) is 0 Å². The molecule has 2 aromatic carbocycles. The molecule has 1 N–H and O–H groups in total. The second-order valence-electron chi connectivity index (χ2n) is 9.18. The summed E-state index contributed by atoms with van der Waals surface area (Å²) >= 11 is 0. The van der Waals surface area contributed by atoms with Crippen molar-refractivity contribution in [2.45, 2.75) is 39.7 Å². The van der Waals surface area contributed by atoms with E-state index in [0.717, 1.165) is 55.8 Å². The summed E-state index contributed by atoms with van der Waals surface area (Å²) in [5.41, 5.74) is 1.88. The first kappa shape index (κ1) is 25.7. The summed E-state index contributed by atoms with van der Waals surface area (Å²) in [5.74, 6) is 1.02. The van der Waals surface area contributed by atoms with Crippen LogP contribution in [0.25, 0.3) is 11.0 Å². The fourth-order valence-electron chi connectivity index (χ4n) is 4.74. The molecule has 1 aliphatic heterocycles. The van der Waals surface area contributed by atoms with Crippen LogP contribution in [0.1, 0.15) is 33.1 Å². The number of amides is 2. The number of carbonyl (C=O) groups excluding carboxylic acids is 2. The molecule has 2 heterocycles. The van der Waals surface area contributed by atoms with Gasteiger partial charge in [-0.25, -0.2) is 4.98 Å². The number of rotatable bonds is 11. The maximum atomic E-state index is 13.3. The second-order valence-corrected chi connectivity index (χ2v) is 9.18. The third-order valence-electron chi connectivity index (χ3n) is 6.90. The van der Waals surface area contributed by atoms with Crippen molar-refractivity contribution in [3.8, 4) is 5.75 Å². The van der Waals surface area contributed by atoms with Crippen LogP contribution in [0.3, 0.4) is 0 Å². The Morgan fingerprint density at radius 2 is 1.83 bits per heavy atom. The van der Waals surface area contributed by atoms with Gasteiger partial charge in [0.05, 0.1) is 30.0 Å². The molecule has 1 saturated heterocycles. The number of anilines is 1. The summed E-state index contributed by atoms with van der Waals surface area (Å²) < 4.78 is 7.77. The molecule has 0 saturated carbocycles. The van der Waals surface area contributed by atoms with E-state index in [1.165, 1.54) is 0 Å². The first-order valence-corrected chi connectivity index (χ1v) is 13.0. The van der Waals surface area contributed by atoms with Crippen molar-refractivity contribution in [2.24, 2.45) is 5.92 Å². The lowest BCUT2D eigenvalue weighted by molar-refractivity contribution is -0.135. The average molecular weight is 492 g/mol. The highest BCUT2D eigenvalue weighted by molar-refractivity contribution is 5.93. The number of fused-ring (bicyclic) bond motifs is 1. The minimum atomic E-state index is -0.256. The number of likely N-dealkylation sites (tertiary alicyclic amines) is 1. The summed E-state index contributed by atoms with van der Waals surface area (Å²) in [7, 11) is 0. The first-order chi connectivity index (χ1) is 17.6. The molecule has 8 nitrogen and oxygen atoms in total. The number of nitrogens with zero attached hydrogens (tertiary/aromatic N) is 4. The van der Waals surface area contributed by atoms with Gasteiger partial charge in [0.25, 0.3) is 0 Å². The van der Waals surface area contributed by atoms with E-state index in [1.54, 1.807) is 4.90 Å². The Morgan fingerprint density at radius 3 is 2.61 bits per heavy atom. The number of likely N-dealkylation sites (N-methyl/N-ethyl adjacent to an activating group) is 1. The molecule has 1 fully saturated rings.